The zero-order chi connectivity index (χ0) is 14.4. The van der Waals surface area contributed by atoms with Crippen LogP contribution in [0.25, 0.3) is 0 Å². The maximum absolute atomic E-state index is 11.5. The Kier molecular flexibility index (Phi) is 5.99. The lowest BCUT2D eigenvalue weighted by Crippen LogP contribution is -2.35. The van der Waals surface area contributed by atoms with E-state index in [9.17, 15) is 9.90 Å². The fraction of sp³-hybridized carbons (Fsp3) is 0.533. The molecule has 0 aromatic heterocycles. The van der Waals surface area contributed by atoms with Gasteiger partial charge in [0.05, 0.1) is 6.10 Å². The number of hydrogen-bond donors (Lipinski definition) is 2. The van der Waals surface area contributed by atoms with Gasteiger partial charge in [-0.3, -0.25) is 4.79 Å². The van der Waals surface area contributed by atoms with E-state index in [1.165, 1.54) is 5.56 Å². The van der Waals surface area contributed by atoms with Gasteiger partial charge in [-0.05, 0) is 19.4 Å². The van der Waals surface area contributed by atoms with E-state index < -0.39 is 6.10 Å². The van der Waals surface area contributed by atoms with Crippen LogP contribution in [0.1, 0.15) is 30.6 Å². The fourth-order valence-corrected chi connectivity index (χ4v) is 1.74. The highest BCUT2D eigenvalue weighted by Crippen LogP contribution is 2.13. The number of nitrogens with zero attached hydrogens (tertiary/aromatic N) is 1. The van der Waals surface area contributed by atoms with Gasteiger partial charge in [-0.15, -0.1) is 0 Å². The molecule has 2 unspecified atom stereocenters. The van der Waals surface area contributed by atoms with E-state index in [0.717, 1.165) is 5.56 Å². The standard InChI is InChI=1S/C15H24N2O2/c1-11-5-7-13(8-6-11)14(18)10-16-12(2)9-15(19)17(3)4/h5-8,12,14,16,18H,9-10H2,1-4H3. The highest BCUT2D eigenvalue weighted by atomic mass is 16.3. The molecule has 4 heteroatoms. The summed E-state index contributed by atoms with van der Waals surface area (Å²) >= 11 is 0. The number of rotatable bonds is 6. The van der Waals surface area contributed by atoms with Crippen LogP contribution in [0.5, 0.6) is 0 Å². The second-order valence-electron chi connectivity index (χ2n) is 5.23. The minimum absolute atomic E-state index is 0.0509. The van der Waals surface area contributed by atoms with Gasteiger partial charge in [0.1, 0.15) is 0 Å². The minimum atomic E-state index is -0.544. The first-order chi connectivity index (χ1) is 8.90. The molecule has 2 N–H and O–H groups in total. The van der Waals surface area contributed by atoms with Crippen LogP contribution in [-0.4, -0.2) is 42.6 Å². The summed E-state index contributed by atoms with van der Waals surface area (Å²) in [6.07, 6.45) is -0.106. The van der Waals surface area contributed by atoms with Gasteiger partial charge in [-0.1, -0.05) is 29.8 Å². The van der Waals surface area contributed by atoms with Crippen molar-refractivity contribution >= 4 is 5.91 Å². The normalized spacial score (nSPS) is 13.9. The molecule has 1 aromatic carbocycles. The van der Waals surface area contributed by atoms with Crippen LogP contribution in [0.2, 0.25) is 0 Å². The predicted molar refractivity (Wildman–Crippen MR) is 76.9 cm³/mol. The van der Waals surface area contributed by atoms with Gasteiger partial charge in [0.2, 0.25) is 5.91 Å². The van der Waals surface area contributed by atoms with Gasteiger partial charge in [0.25, 0.3) is 0 Å². The highest BCUT2D eigenvalue weighted by Gasteiger charge is 2.13. The first-order valence-corrected chi connectivity index (χ1v) is 6.58. The summed E-state index contributed by atoms with van der Waals surface area (Å²) in [5.41, 5.74) is 2.07. The summed E-state index contributed by atoms with van der Waals surface area (Å²) in [5.74, 6) is 0.0878. The van der Waals surface area contributed by atoms with E-state index >= 15 is 0 Å². The first-order valence-electron chi connectivity index (χ1n) is 6.58. The van der Waals surface area contributed by atoms with Crippen molar-refractivity contribution in [1.82, 2.24) is 10.2 Å². The van der Waals surface area contributed by atoms with Gasteiger partial charge in [0, 0.05) is 33.1 Å². The van der Waals surface area contributed by atoms with Crippen molar-refractivity contribution in [2.45, 2.75) is 32.4 Å². The SMILES string of the molecule is Cc1ccc(C(O)CNC(C)CC(=O)N(C)C)cc1. The van der Waals surface area contributed by atoms with Crippen LogP contribution < -0.4 is 5.32 Å². The van der Waals surface area contributed by atoms with Gasteiger partial charge in [-0.2, -0.15) is 0 Å². The van der Waals surface area contributed by atoms with Crippen LogP contribution >= 0.6 is 0 Å². The minimum Gasteiger partial charge on any atom is -0.387 e. The number of aliphatic hydroxyl groups excluding tert-OH is 1. The van der Waals surface area contributed by atoms with Crippen LogP contribution in [0.15, 0.2) is 24.3 Å². The monoisotopic (exact) mass is 264 g/mol. The molecule has 106 valence electrons. The number of amides is 1. The molecule has 0 radical (unpaired) electrons. The quantitative estimate of drug-likeness (QED) is 0.818. The maximum Gasteiger partial charge on any atom is 0.223 e. The third-order valence-electron chi connectivity index (χ3n) is 3.10. The average molecular weight is 264 g/mol. The Bertz CT molecular complexity index is 401. The van der Waals surface area contributed by atoms with E-state index in [1.54, 1.807) is 19.0 Å². The topological polar surface area (TPSA) is 52.6 Å². The largest absolute Gasteiger partial charge is 0.387 e. The molecule has 19 heavy (non-hydrogen) atoms. The Morgan fingerprint density at radius 3 is 2.42 bits per heavy atom. The van der Waals surface area contributed by atoms with Crippen LogP contribution in [0.3, 0.4) is 0 Å². The summed E-state index contributed by atoms with van der Waals surface area (Å²) < 4.78 is 0. The summed E-state index contributed by atoms with van der Waals surface area (Å²) in [6.45, 7) is 4.41. The van der Waals surface area contributed by atoms with E-state index in [1.807, 2.05) is 38.1 Å². The smallest absolute Gasteiger partial charge is 0.223 e. The number of carbonyl (C=O) groups is 1. The lowest BCUT2D eigenvalue weighted by molar-refractivity contribution is -0.129. The van der Waals surface area contributed by atoms with Crippen LogP contribution in [0, 0.1) is 6.92 Å². The number of aliphatic hydroxyl groups is 1. The van der Waals surface area contributed by atoms with Crippen molar-refractivity contribution in [3.8, 4) is 0 Å². The summed E-state index contributed by atoms with van der Waals surface area (Å²) in [7, 11) is 3.49. The first kappa shape index (κ1) is 15.7. The number of carbonyl (C=O) groups excluding carboxylic acids is 1. The van der Waals surface area contributed by atoms with Crippen molar-refractivity contribution in [3.05, 3.63) is 35.4 Å². The fourth-order valence-electron chi connectivity index (χ4n) is 1.74. The second kappa shape index (κ2) is 7.26. The zero-order valence-corrected chi connectivity index (χ0v) is 12.2. The van der Waals surface area contributed by atoms with Gasteiger partial charge in [0.15, 0.2) is 0 Å². The average Bonchev–Trinajstić information content (AvgIpc) is 2.36. The Labute approximate surface area is 115 Å². The predicted octanol–water partition coefficient (Wildman–Crippen LogP) is 1.48. The Morgan fingerprint density at radius 2 is 1.89 bits per heavy atom. The van der Waals surface area contributed by atoms with E-state index in [0.29, 0.717) is 13.0 Å². The van der Waals surface area contributed by atoms with Gasteiger partial charge < -0.3 is 15.3 Å². The highest BCUT2D eigenvalue weighted by molar-refractivity contribution is 5.76. The summed E-state index contributed by atoms with van der Waals surface area (Å²) in [4.78, 5) is 13.1. The number of hydrogen-bond acceptors (Lipinski definition) is 3. The van der Waals surface area contributed by atoms with E-state index in [4.69, 9.17) is 0 Å². The molecule has 0 fully saturated rings. The molecule has 0 aliphatic carbocycles. The molecule has 0 heterocycles. The molecule has 2 atom stereocenters. The van der Waals surface area contributed by atoms with Gasteiger partial charge >= 0.3 is 0 Å². The molecule has 0 aliphatic heterocycles. The summed E-state index contributed by atoms with van der Waals surface area (Å²) in [6, 6.07) is 7.87. The molecule has 0 aliphatic rings. The lowest BCUT2D eigenvalue weighted by atomic mass is 10.1. The number of aryl methyl sites for hydroxylation is 1. The molecule has 1 amide bonds. The molecule has 4 nitrogen and oxygen atoms in total. The molecule has 0 bridgehead atoms. The second-order valence-corrected chi connectivity index (χ2v) is 5.23. The summed E-state index contributed by atoms with van der Waals surface area (Å²) in [5, 5.41) is 13.2. The molecular formula is C15H24N2O2. The molecule has 1 rings (SSSR count). The van der Waals surface area contributed by atoms with Crippen LogP contribution in [-0.2, 0) is 4.79 Å². The van der Waals surface area contributed by atoms with Crippen molar-refractivity contribution in [3.63, 3.8) is 0 Å². The van der Waals surface area contributed by atoms with Gasteiger partial charge in [-0.25, -0.2) is 0 Å². The Balaban J connectivity index is 2.39. The van der Waals surface area contributed by atoms with Crippen molar-refractivity contribution < 1.29 is 9.90 Å². The van der Waals surface area contributed by atoms with E-state index in [-0.39, 0.29) is 11.9 Å². The Hall–Kier alpha value is -1.39. The maximum atomic E-state index is 11.5. The number of benzene rings is 1. The zero-order valence-electron chi connectivity index (χ0n) is 12.2. The number of nitrogens with one attached hydrogen (secondary N) is 1. The van der Waals surface area contributed by atoms with Crippen molar-refractivity contribution in [2.75, 3.05) is 20.6 Å². The molecule has 1 aromatic rings. The molecule has 0 saturated carbocycles. The van der Waals surface area contributed by atoms with Crippen molar-refractivity contribution in [2.24, 2.45) is 0 Å². The third kappa shape index (κ3) is 5.41. The molecule has 0 spiro atoms. The van der Waals surface area contributed by atoms with Crippen LogP contribution in [0.4, 0.5) is 0 Å². The lowest BCUT2D eigenvalue weighted by Gasteiger charge is -2.19. The molecular weight excluding hydrogens is 240 g/mol. The Morgan fingerprint density at radius 1 is 1.32 bits per heavy atom. The third-order valence-corrected chi connectivity index (χ3v) is 3.10. The van der Waals surface area contributed by atoms with E-state index in [2.05, 4.69) is 5.32 Å². The molecule has 0 saturated heterocycles. The van der Waals surface area contributed by atoms with Crippen molar-refractivity contribution in [1.29, 1.82) is 0 Å².